The summed E-state index contributed by atoms with van der Waals surface area (Å²) in [5.41, 5.74) is 0.999. The second-order valence-electron chi connectivity index (χ2n) is 3.30. The maximum Gasteiger partial charge on any atom is 0.312 e. The third-order valence-electron chi connectivity index (χ3n) is 1.82. The summed E-state index contributed by atoms with van der Waals surface area (Å²) >= 11 is 4.44. The molecular formula is C10H11N3O2S3. The Morgan fingerprint density at radius 1 is 1.44 bits per heavy atom. The van der Waals surface area contributed by atoms with Crippen LogP contribution in [0.2, 0.25) is 0 Å². The minimum Gasteiger partial charge on any atom is -0.466 e. The van der Waals surface area contributed by atoms with E-state index in [0.29, 0.717) is 11.6 Å². The van der Waals surface area contributed by atoms with Crippen molar-refractivity contribution in [1.29, 1.82) is 0 Å². The van der Waals surface area contributed by atoms with Crippen LogP contribution < -0.4 is 0 Å². The third kappa shape index (κ3) is 3.76. The van der Waals surface area contributed by atoms with Gasteiger partial charge in [0.05, 0.1) is 13.0 Å². The van der Waals surface area contributed by atoms with Gasteiger partial charge in [0.1, 0.15) is 5.01 Å². The molecule has 2 heterocycles. The van der Waals surface area contributed by atoms with Gasteiger partial charge in [-0.25, -0.2) is 4.98 Å². The van der Waals surface area contributed by atoms with Crippen molar-refractivity contribution < 1.29 is 9.53 Å². The molecule has 0 radical (unpaired) electrons. The first-order valence-electron chi connectivity index (χ1n) is 5.25. The monoisotopic (exact) mass is 301 g/mol. The van der Waals surface area contributed by atoms with E-state index in [9.17, 15) is 4.79 Å². The Labute approximate surface area is 117 Å². The van der Waals surface area contributed by atoms with Gasteiger partial charge >= 0.3 is 5.97 Å². The minimum atomic E-state index is -0.268. The smallest absolute Gasteiger partial charge is 0.312 e. The molecule has 2 rings (SSSR count). The number of hydrogen-bond acceptors (Lipinski definition) is 8. The summed E-state index contributed by atoms with van der Waals surface area (Å²) < 4.78 is 6.59. The average Bonchev–Trinajstić information content (AvgIpc) is 2.89. The highest BCUT2D eigenvalue weighted by molar-refractivity contribution is 8.02. The zero-order chi connectivity index (χ0) is 13.0. The lowest BCUT2D eigenvalue weighted by atomic mass is 10.5. The van der Waals surface area contributed by atoms with Gasteiger partial charge in [-0.1, -0.05) is 11.3 Å². The fraction of sp³-hybridized carbons (Fsp3) is 0.400. The molecule has 0 aliphatic carbocycles. The Kier molecular flexibility index (Phi) is 4.67. The highest BCUT2D eigenvalue weighted by Crippen LogP contribution is 2.32. The van der Waals surface area contributed by atoms with Crippen LogP contribution in [0.1, 0.15) is 17.6 Å². The van der Waals surface area contributed by atoms with Gasteiger partial charge in [-0.2, -0.15) is 0 Å². The summed E-state index contributed by atoms with van der Waals surface area (Å²) in [7, 11) is 0. The van der Waals surface area contributed by atoms with Crippen molar-refractivity contribution >= 4 is 40.4 Å². The molecule has 0 saturated carbocycles. The third-order valence-corrected chi connectivity index (χ3v) is 4.85. The van der Waals surface area contributed by atoms with Crippen LogP contribution >= 0.6 is 34.4 Å². The average molecular weight is 301 g/mol. The molecule has 0 fully saturated rings. The van der Waals surface area contributed by atoms with E-state index >= 15 is 0 Å². The van der Waals surface area contributed by atoms with Crippen molar-refractivity contribution in [3.63, 3.8) is 0 Å². The SMILES string of the molecule is CCOC(=O)Cc1nnc(Sc2nc(C)cs2)s1. The van der Waals surface area contributed by atoms with E-state index in [0.717, 1.165) is 14.4 Å². The highest BCUT2D eigenvalue weighted by Gasteiger charge is 2.12. The standard InChI is InChI=1S/C10H11N3O2S3/c1-3-15-8(14)4-7-12-13-10(17-7)18-9-11-6(2)5-16-9/h5H,3-4H2,1-2H3. The number of carbonyl (C=O) groups is 1. The van der Waals surface area contributed by atoms with Crippen LogP contribution in [0, 0.1) is 6.92 Å². The summed E-state index contributed by atoms with van der Waals surface area (Å²) in [6.45, 7) is 4.12. The Hall–Kier alpha value is -0.990. The molecule has 8 heteroatoms. The molecule has 0 spiro atoms. The molecule has 0 aliphatic rings. The second kappa shape index (κ2) is 6.26. The van der Waals surface area contributed by atoms with Crippen LogP contribution in [0.25, 0.3) is 0 Å². The summed E-state index contributed by atoms with van der Waals surface area (Å²) in [5.74, 6) is -0.268. The number of ether oxygens (including phenoxy) is 1. The van der Waals surface area contributed by atoms with Crippen LogP contribution in [-0.2, 0) is 16.0 Å². The molecule has 5 nitrogen and oxygen atoms in total. The van der Waals surface area contributed by atoms with Gasteiger partial charge < -0.3 is 4.74 Å². The Morgan fingerprint density at radius 3 is 2.94 bits per heavy atom. The highest BCUT2D eigenvalue weighted by atomic mass is 32.2. The molecule has 0 saturated heterocycles. The lowest BCUT2D eigenvalue weighted by Crippen LogP contribution is -2.07. The molecule has 2 aromatic rings. The summed E-state index contributed by atoms with van der Waals surface area (Å²) in [4.78, 5) is 15.6. The molecule has 0 atom stereocenters. The molecule has 0 amide bonds. The van der Waals surface area contributed by atoms with Crippen molar-refractivity contribution in [2.24, 2.45) is 0 Å². The summed E-state index contributed by atoms with van der Waals surface area (Å²) in [6, 6.07) is 0. The number of nitrogens with zero attached hydrogens (tertiary/aromatic N) is 3. The largest absolute Gasteiger partial charge is 0.466 e. The number of aromatic nitrogens is 3. The van der Waals surface area contributed by atoms with Crippen molar-refractivity contribution in [3.8, 4) is 0 Å². The van der Waals surface area contributed by atoms with Crippen molar-refractivity contribution in [1.82, 2.24) is 15.2 Å². The van der Waals surface area contributed by atoms with E-state index in [2.05, 4.69) is 15.2 Å². The van der Waals surface area contributed by atoms with Gasteiger partial charge in [-0.05, 0) is 25.6 Å². The van der Waals surface area contributed by atoms with Crippen molar-refractivity contribution in [2.45, 2.75) is 28.9 Å². The number of esters is 1. The molecular weight excluding hydrogens is 290 g/mol. The number of hydrogen-bond donors (Lipinski definition) is 0. The summed E-state index contributed by atoms with van der Waals surface area (Å²) in [6.07, 6.45) is 0.183. The van der Waals surface area contributed by atoms with E-state index in [1.807, 2.05) is 12.3 Å². The molecule has 2 aromatic heterocycles. The van der Waals surface area contributed by atoms with Crippen LogP contribution in [0.5, 0.6) is 0 Å². The molecule has 0 N–H and O–H groups in total. The van der Waals surface area contributed by atoms with E-state index in [-0.39, 0.29) is 12.4 Å². The fourth-order valence-electron chi connectivity index (χ4n) is 1.14. The number of carbonyl (C=O) groups excluding carboxylic acids is 1. The molecule has 0 unspecified atom stereocenters. The van der Waals surface area contributed by atoms with Crippen LogP contribution in [-0.4, -0.2) is 27.8 Å². The zero-order valence-corrected chi connectivity index (χ0v) is 12.3. The van der Waals surface area contributed by atoms with Gasteiger partial charge in [0.25, 0.3) is 0 Å². The number of rotatable bonds is 5. The number of aryl methyl sites for hydroxylation is 1. The topological polar surface area (TPSA) is 65.0 Å². The first-order chi connectivity index (χ1) is 8.67. The van der Waals surface area contributed by atoms with Gasteiger partial charge in [0.15, 0.2) is 8.68 Å². The maximum atomic E-state index is 11.3. The molecule has 18 heavy (non-hydrogen) atoms. The van der Waals surface area contributed by atoms with Crippen LogP contribution in [0.3, 0.4) is 0 Å². The number of thiazole rings is 1. The van der Waals surface area contributed by atoms with Gasteiger partial charge in [0, 0.05) is 11.1 Å². The fourth-order valence-corrected chi connectivity index (χ4v) is 4.06. The lowest BCUT2D eigenvalue weighted by molar-refractivity contribution is -0.142. The zero-order valence-electron chi connectivity index (χ0n) is 9.87. The Morgan fingerprint density at radius 2 is 2.28 bits per heavy atom. The normalized spacial score (nSPS) is 10.6. The molecule has 0 aliphatic heterocycles. The Balaban J connectivity index is 1.95. The van der Waals surface area contributed by atoms with Gasteiger partial charge in [-0.15, -0.1) is 21.5 Å². The minimum absolute atomic E-state index is 0.183. The van der Waals surface area contributed by atoms with E-state index in [1.54, 1.807) is 18.3 Å². The van der Waals surface area contributed by atoms with E-state index in [4.69, 9.17) is 4.74 Å². The van der Waals surface area contributed by atoms with E-state index in [1.165, 1.54) is 23.1 Å². The van der Waals surface area contributed by atoms with Crippen LogP contribution in [0.4, 0.5) is 0 Å². The van der Waals surface area contributed by atoms with Gasteiger partial charge in [-0.3, -0.25) is 4.79 Å². The first-order valence-corrected chi connectivity index (χ1v) is 7.76. The van der Waals surface area contributed by atoms with Crippen LogP contribution in [0.15, 0.2) is 14.1 Å². The van der Waals surface area contributed by atoms with E-state index < -0.39 is 0 Å². The lowest BCUT2D eigenvalue weighted by Gasteiger charge is -1.96. The maximum absolute atomic E-state index is 11.3. The van der Waals surface area contributed by atoms with Crippen molar-refractivity contribution in [2.75, 3.05) is 6.61 Å². The quantitative estimate of drug-likeness (QED) is 0.791. The molecule has 96 valence electrons. The van der Waals surface area contributed by atoms with Gasteiger partial charge in [0.2, 0.25) is 0 Å². The van der Waals surface area contributed by atoms with Crippen molar-refractivity contribution in [3.05, 3.63) is 16.1 Å². The Bertz CT molecular complexity index is 538. The second-order valence-corrected chi connectivity index (χ2v) is 6.71. The first kappa shape index (κ1) is 13.4. The molecule has 0 aromatic carbocycles. The predicted octanol–water partition coefficient (Wildman–Crippen LogP) is 2.56. The molecule has 0 bridgehead atoms. The predicted molar refractivity (Wildman–Crippen MR) is 71.2 cm³/mol. The summed E-state index contributed by atoms with van der Waals surface area (Å²) in [5, 5.41) is 10.6.